The lowest BCUT2D eigenvalue weighted by molar-refractivity contribution is 0.102. The van der Waals surface area contributed by atoms with Crippen molar-refractivity contribution in [3.8, 4) is 11.3 Å². The topological polar surface area (TPSA) is 48.0 Å². The van der Waals surface area contributed by atoms with Gasteiger partial charge in [-0.15, -0.1) is 6.58 Å². The third-order valence-electron chi connectivity index (χ3n) is 4.13. The average Bonchev–Trinajstić information content (AvgIpc) is 3.21. The lowest BCUT2D eigenvalue weighted by atomic mass is 10.2. The Morgan fingerprint density at radius 2 is 2.08 bits per heavy atom. The van der Waals surface area contributed by atoms with Gasteiger partial charge in [-0.25, -0.2) is 9.37 Å². The second-order valence-electron chi connectivity index (χ2n) is 5.89. The van der Waals surface area contributed by atoms with Gasteiger partial charge in [-0.3, -0.25) is 4.79 Å². The number of nitrogens with zero attached hydrogens (tertiary/aromatic N) is 2. The second kappa shape index (κ2) is 7.74. The van der Waals surface area contributed by atoms with Gasteiger partial charge in [0.25, 0.3) is 5.22 Å². The quantitative estimate of drug-likeness (QED) is 0.331. The summed E-state index contributed by atoms with van der Waals surface area (Å²) in [5.41, 5.74) is 3.42. The molecule has 0 N–H and O–H groups in total. The van der Waals surface area contributed by atoms with E-state index < -0.39 is 0 Å². The number of rotatable bonds is 7. The number of halogens is 1. The highest BCUT2D eigenvalue weighted by Gasteiger charge is 2.17. The summed E-state index contributed by atoms with van der Waals surface area (Å²) in [7, 11) is 0. The van der Waals surface area contributed by atoms with E-state index in [1.54, 1.807) is 18.3 Å². The first kappa shape index (κ1) is 18.2. The van der Waals surface area contributed by atoms with Gasteiger partial charge >= 0.3 is 0 Å². The van der Waals surface area contributed by atoms with Crippen LogP contribution in [0.4, 0.5) is 4.39 Å². The van der Waals surface area contributed by atoms with Crippen molar-refractivity contribution in [1.82, 2.24) is 9.55 Å². The lowest BCUT2D eigenvalue weighted by Gasteiger charge is -2.05. The van der Waals surface area contributed by atoms with Crippen molar-refractivity contribution in [2.75, 3.05) is 5.75 Å². The van der Waals surface area contributed by atoms with Crippen LogP contribution >= 0.6 is 11.8 Å². The van der Waals surface area contributed by atoms with Gasteiger partial charge in [0.05, 0.1) is 11.9 Å². The van der Waals surface area contributed by atoms with Crippen LogP contribution in [0.1, 0.15) is 21.7 Å². The maximum absolute atomic E-state index is 13.0. The summed E-state index contributed by atoms with van der Waals surface area (Å²) in [6.07, 6.45) is 3.39. The fraction of sp³-hybridized carbons (Fsp3) is 0.200. The first-order valence-corrected chi connectivity index (χ1v) is 9.13. The average molecular weight is 370 g/mol. The molecule has 1 aromatic carbocycles. The fourth-order valence-electron chi connectivity index (χ4n) is 2.77. The molecule has 0 radical (unpaired) electrons. The van der Waals surface area contributed by atoms with Crippen molar-refractivity contribution >= 4 is 17.5 Å². The Morgan fingerprint density at radius 3 is 2.77 bits per heavy atom. The summed E-state index contributed by atoms with van der Waals surface area (Å²) in [6.45, 7) is 8.34. The van der Waals surface area contributed by atoms with Crippen LogP contribution in [0.25, 0.3) is 11.3 Å². The predicted octanol–water partition coefficient (Wildman–Crippen LogP) is 5.06. The van der Waals surface area contributed by atoms with Crippen LogP contribution in [0, 0.1) is 19.7 Å². The molecule has 0 aliphatic heterocycles. The van der Waals surface area contributed by atoms with Crippen molar-refractivity contribution in [2.45, 2.75) is 25.6 Å². The Hall–Kier alpha value is -2.60. The van der Waals surface area contributed by atoms with Gasteiger partial charge < -0.3 is 8.98 Å². The number of carbonyl (C=O) groups excluding carboxylic acids is 1. The molecular weight excluding hydrogens is 351 g/mol. The van der Waals surface area contributed by atoms with Crippen LogP contribution in [0.5, 0.6) is 0 Å². The van der Waals surface area contributed by atoms with E-state index in [1.807, 2.05) is 26.0 Å². The molecule has 0 fully saturated rings. The number of allylic oxidation sites excluding steroid dienone is 1. The number of hydrogen-bond donors (Lipinski definition) is 0. The van der Waals surface area contributed by atoms with E-state index in [1.165, 1.54) is 23.9 Å². The summed E-state index contributed by atoms with van der Waals surface area (Å²) in [5, 5.41) is 0.414. The molecule has 0 saturated heterocycles. The minimum absolute atomic E-state index is 0.0277. The molecular formula is C20H19FN2O2S. The summed E-state index contributed by atoms with van der Waals surface area (Å²) < 4.78 is 20.7. The summed E-state index contributed by atoms with van der Waals surface area (Å²) in [5.74, 6) is 0.508. The second-order valence-corrected chi connectivity index (χ2v) is 6.82. The Morgan fingerprint density at radius 1 is 1.35 bits per heavy atom. The van der Waals surface area contributed by atoms with E-state index in [0.29, 0.717) is 23.1 Å². The summed E-state index contributed by atoms with van der Waals surface area (Å²) >= 11 is 1.25. The number of hydrogen-bond acceptors (Lipinski definition) is 4. The van der Waals surface area contributed by atoms with Crippen LogP contribution < -0.4 is 0 Å². The van der Waals surface area contributed by atoms with Crippen molar-refractivity contribution in [3.63, 3.8) is 0 Å². The third kappa shape index (κ3) is 3.80. The van der Waals surface area contributed by atoms with Crippen molar-refractivity contribution in [3.05, 3.63) is 72.0 Å². The molecule has 0 saturated carbocycles. The number of oxazole rings is 1. The first-order valence-electron chi connectivity index (χ1n) is 8.15. The van der Waals surface area contributed by atoms with E-state index in [9.17, 15) is 9.18 Å². The molecule has 0 aliphatic rings. The van der Waals surface area contributed by atoms with E-state index in [-0.39, 0.29) is 17.4 Å². The summed E-state index contributed by atoms with van der Waals surface area (Å²) in [4.78, 5) is 16.7. The minimum atomic E-state index is -0.303. The Kier molecular flexibility index (Phi) is 5.42. The molecule has 0 bridgehead atoms. The highest BCUT2D eigenvalue weighted by molar-refractivity contribution is 7.99. The van der Waals surface area contributed by atoms with Crippen LogP contribution in [0.15, 0.2) is 58.8 Å². The summed E-state index contributed by atoms with van der Waals surface area (Å²) in [6, 6.07) is 7.90. The number of benzene rings is 1. The van der Waals surface area contributed by atoms with Crippen molar-refractivity contribution < 1.29 is 13.6 Å². The SMILES string of the molecule is C=CCn1c(C)cc(C(=O)CSc2ncc(-c3ccc(F)cc3)o2)c1C. The molecule has 0 aliphatic carbocycles. The van der Waals surface area contributed by atoms with E-state index >= 15 is 0 Å². The van der Waals surface area contributed by atoms with Gasteiger partial charge in [-0.1, -0.05) is 17.8 Å². The maximum Gasteiger partial charge on any atom is 0.256 e. The third-order valence-corrected chi connectivity index (χ3v) is 4.97. The van der Waals surface area contributed by atoms with Gasteiger partial charge in [-0.05, 0) is 44.2 Å². The zero-order valence-corrected chi connectivity index (χ0v) is 15.5. The molecule has 2 heterocycles. The van der Waals surface area contributed by atoms with Crippen LogP contribution in [-0.2, 0) is 6.54 Å². The highest BCUT2D eigenvalue weighted by atomic mass is 32.2. The Labute approximate surface area is 155 Å². The van der Waals surface area contributed by atoms with Crippen LogP contribution in [-0.4, -0.2) is 21.1 Å². The van der Waals surface area contributed by atoms with Gasteiger partial charge in [0.15, 0.2) is 11.5 Å². The Balaban J connectivity index is 1.68. The fourth-order valence-corrected chi connectivity index (χ4v) is 3.46. The van der Waals surface area contributed by atoms with Gasteiger partial charge in [0, 0.05) is 29.1 Å². The van der Waals surface area contributed by atoms with Crippen molar-refractivity contribution in [1.29, 1.82) is 0 Å². The number of thioether (sulfide) groups is 1. The monoisotopic (exact) mass is 370 g/mol. The number of Topliss-reactive ketones (excluding diaryl/α,β-unsaturated/α-hetero) is 1. The lowest BCUT2D eigenvalue weighted by Crippen LogP contribution is -2.06. The van der Waals surface area contributed by atoms with Crippen molar-refractivity contribution in [2.24, 2.45) is 0 Å². The molecule has 0 spiro atoms. The van der Waals surface area contributed by atoms with E-state index in [4.69, 9.17) is 4.42 Å². The molecule has 0 atom stereocenters. The molecule has 0 amide bonds. The molecule has 0 unspecified atom stereocenters. The number of carbonyl (C=O) groups is 1. The molecule has 6 heteroatoms. The molecule has 3 rings (SSSR count). The largest absolute Gasteiger partial charge is 0.431 e. The van der Waals surface area contributed by atoms with Crippen LogP contribution in [0.2, 0.25) is 0 Å². The number of aryl methyl sites for hydroxylation is 1. The number of ketones is 1. The molecule has 2 aromatic heterocycles. The number of aromatic nitrogens is 2. The van der Waals surface area contributed by atoms with Crippen LogP contribution in [0.3, 0.4) is 0 Å². The molecule has 26 heavy (non-hydrogen) atoms. The minimum Gasteiger partial charge on any atom is -0.431 e. The molecule has 4 nitrogen and oxygen atoms in total. The molecule has 134 valence electrons. The van der Waals surface area contributed by atoms with Gasteiger partial charge in [-0.2, -0.15) is 0 Å². The standard InChI is InChI=1S/C20H19FN2O2S/c1-4-9-23-13(2)10-17(14(23)3)18(24)12-26-20-22-11-19(25-20)15-5-7-16(21)8-6-15/h4-8,10-11H,1,9,12H2,2-3H3. The normalized spacial score (nSPS) is 10.9. The predicted molar refractivity (Wildman–Crippen MR) is 101 cm³/mol. The van der Waals surface area contributed by atoms with E-state index in [2.05, 4.69) is 16.1 Å². The zero-order valence-electron chi connectivity index (χ0n) is 14.7. The zero-order chi connectivity index (χ0) is 18.7. The Bertz CT molecular complexity index is 941. The smallest absolute Gasteiger partial charge is 0.256 e. The van der Waals surface area contributed by atoms with Gasteiger partial charge in [0.1, 0.15) is 5.82 Å². The maximum atomic E-state index is 13.0. The molecule has 3 aromatic rings. The van der Waals surface area contributed by atoms with E-state index in [0.717, 1.165) is 17.0 Å². The highest BCUT2D eigenvalue weighted by Crippen LogP contribution is 2.26. The first-order chi connectivity index (χ1) is 12.5. The van der Waals surface area contributed by atoms with Gasteiger partial charge in [0.2, 0.25) is 0 Å².